The van der Waals surface area contributed by atoms with E-state index >= 15 is 0 Å². The molecule has 1 fully saturated rings. The summed E-state index contributed by atoms with van der Waals surface area (Å²) in [6, 6.07) is 16.4. The van der Waals surface area contributed by atoms with Crippen molar-refractivity contribution >= 4 is 33.1 Å². The number of carbonyl (C=O) groups is 1. The van der Waals surface area contributed by atoms with Gasteiger partial charge in [0.05, 0.1) is 22.8 Å². The van der Waals surface area contributed by atoms with E-state index in [0.717, 1.165) is 35.6 Å². The van der Waals surface area contributed by atoms with Crippen LogP contribution < -0.4 is 5.32 Å². The van der Waals surface area contributed by atoms with Gasteiger partial charge in [0.15, 0.2) is 0 Å². The number of carbonyl (C=O) groups excluding carboxylic acids is 1. The van der Waals surface area contributed by atoms with E-state index in [1.807, 2.05) is 43.3 Å². The molecule has 0 saturated carbocycles. The van der Waals surface area contributed by atoms with Crippen molar-refractivity contribution in [1.29, 1.82) is 0 Å². The summed E-state index contributed by atoms with van der Waals surface area (Å²) in [6.07, 6.45) is 2.18. The number of aryl methyl sites for hydroxylation is 1. The number of para-hydroxylation sites is 1. The van der Waals surface area contributed by atoms with Crippen molar-refractivity contribution in [3.8, 4) is 0 Å². The molecule has 1 aromatic heterocycles. The number of likely N-dealkylation sites (tertiary alicyclic amines) is 1. The van der Waals surface area contributed by atoms with Gasteiger partial charge in [0.25, 0.3) is 0 Å². The zero-order chi connectivity index (χ0) is 17.2. The lowest BCUT2D eigenvalue weighted by atomic mass is 10.2. The van der Waals surface area contributed by atoms with Gasteiger partial charge in [0.1, 0.15) is 5.01 Å². The monoisotopic (exact) mass is 351 g/mol. The van der Waals surface area contributed by atoms with Crippen LogP contribution in [0.3, 0.4) is 0 Å². The van der Waals surface area contributed by atoms with Crippen molar-refractivity contribution in [2.24, 2.45) is 0 Å². The van der Waals surface area contributed by atoms with Crippen LogP contribution in [-0.2, 0) is 4.79 Å². The van der Waals surface area contributed by atoms with Gasteiger partial charge < -0.3 is 5.32 Å². The second kappa shape index (κ2) is 6.94. The Balaban J connectivity index is 1.45. The highest BCUT2D eigenvalue weighted by Crippen LogP contribution is 2.36. The van der Waals surface area contributed by atoms with E-state index in [9.17, 15) is 4.79 Å². The van der Waals surface area contributed by atoms with Crippen LogP contribution in [0.1, 0.15) is 29.5 Å². The molecule has 0 aliphatic carbocycles. The number of benzene rings is 2. The molecule has 5 heteroatoms. The van der Waals surface area contributed by atoms with Gasteiger partial charge in [-0.2, -0.15) is 0 Å². The van der Waals surface area contributed by atoms with E-state index in [1.165, 1.54) is 10.3 Å². The van der Waals surface area contributed by atoms with E-state index in [0.29, 0.717) is 6.54 Å². The fraction of sp³-hybridized carbons (Fsp3) is 0.300. The summed E-state index contributed by atoms with van der Waals surface area (Å²) in [5, 5.41) is 4.12. The Hall–Kier alpha value is -2.24. The van der Waals surface area contributed by atoms with Gasteiger partial charge in [-0.3, -0.25) is 9.69 Å². The fourth-order valence-corrected chi connectivity index (χ4v) is 4.49. The van der Waals surface area contributed by atoms with Crippen LogP contribution in [0.25, 0.3) is 10.2 Å². The van der Waals surface area contributed by atoms with Gasteiger partial charge in [-0.05, 0) is 50.6 Å². The van der Waals surface area contributed by atoms with Gasteiger partial charge in [-0.15, -0.1) is 11.3 Å². The Morgan fingerprint density at radius 1 is 1.24 bits per heavy atom. The molecule has 1 aliphatic heterocycles. The lowest BCUT2D eigenvalue weighted by Crippen LogP contribution is -2.32. The Labute approximate surface area is 151 Å². The number of fused-ring (bicyclic) bond motifs is 1. The molecule has 0 bridgehead atoms. The number of aromatic nitrogens is 1. The number of rotatable bonds is 4. The largest absolute Gasteiger partial charge is 0.325 e. The molecular weight excluding hydrogens is 330 g/mol. The maximum absolute atomic E-state index is 12.4. The molecule has 3 aromatic rings. The number of amides is 1. The topological polar surface area (TPSA) is 45.2 Å². The Kier molecular flexibility index (Phi) is 4.51. The zero-order valence-corrected chi connectivity index (χ0v) is 15.1. The van der Waals surface area contributed by atoms with Crippen LogP contribution in [0, 0.1) is 6.92 Å². The Morgan fingerprint density at radius 2 is 2.04 bits per heavy atom. The number of hydrogen-bond acceptors (Lipinski definition) is 4. The molecule has 128 valence electrons. The number of hydrogen-bond donors (Lipinski definition) is 1. The third-order valence-corrected chi connectivity index (χ3v) is 5.78. The predicted octanol–water partition coefficient (Wildman–Crippen LogP) is 4.38. The average molecular weight is 351 g/mol. The fourth-order valence-electron chi connectivity index (χ4n) is 3.35. The quantitative estimate of drug-likeness (QED) is 0.759. The molecule has 2 aromatic carbocycles. The first-order valence-corrected chi connectivity index (χ1v) is 9.47. The molecule has 1 aliphatic rings. The van der Waals surface area contributed by atoms with E-state index in [1.54, 1.807) is 11.3 Å². The average Bonchev–Trinajstić information content (AvgIpc) is 3.22. The molecule has 0 radical (unpaired) electrons. The van der Waals surface area contributed by atoms with Crippen molar-refractivity contribution in [2.45, 2.75) is 25.8 Å². The van der Waals surface area contributed by atoms with Crippen LogP contribution in [-0.4, -0.2) is 28.9 Å². The van der Waals surface area contributed by atoms with E-state index in [-0.39, 0.29) is 11.9 Å². The minimum Gasteiger partial charge on any atom is -0.325 e. The van der Waals surface area contributed by atoms with Gasteiger partial charge in [0.2, 0.25) is 5.91 Å². The van der Waals surface area contributed by atoms with Gasteiger partial charge in [0, 0.05) is 5.69 Å². The smallest absolute Gasteiger partial charge is 0.238 e. The first-order valence-electron chi connectivity index (χ1n) is 8.65. The summed E-state index contributed by atoms with van der Waals surface area (Å²) < 4.78 is 1.22. The third-order valence-electron chi connectivity index (χ3n) is 4.64. The Morgan fingerprint density at radius 3 is 2.84 bits per heavy atom. The number of anilines is 1. The molecule has 1 N–H and O–H groups in total. The number of nitrogens with zero attached hydrogens (tertiary/aromatic N) is 2. The standard InChI is InChI=1S/C20H21N3OS/c1-14-8-10-15(11-9-14)21-19(24)13-23-12-4-6-17(23)20-22-16-5-2-3-7-18(16)25-20/h2-3,5,7-11,17H,4,6,12-13H2,1H3,(H,21,24)/t17-/m0/s1. The molecule has 0 spiro atoms. The summed E-state index contributed by atoms with van der Waals surface area (Å²) in [4.78, 5) is 19.5. The molecule has 1 amide bonds. The van der Waals surface area contributed by atoms with Crippen LogP contribution in [0.15, 0.2) is 48.5 Å². The summed E-state index contributed by atoms with van der Waals surface area (Å²) in [7, 11) is 0. The molecule has 0 unspecified atom stereocenters. The highest BCUT2D eigenvalue weighted by Gasteiger charge is 2.30. The molecular formula is C20H21N3OS. The molecule has 1 saturated heterocycles. The van der Waals surface area contributed by atoms with Crippen molar-refractivity contribution in [3.05, 3.63) is 59.1 Å². The van der Waals surface area contributed by atoms with Crippen molar-refractivity contribution < 1.29 is 4.79 Å². The van der Waals surface area contributed by atoms with E-state index < -0.39 is 0 Å². The zero-order valence-electron chi connectivity index (χ0n) is 14.2. The summed E-state index contributed by atoms with van der Waals surface area (Å²) in [5.41, 5.74) is 3.10. The molecule has 4 rings (SSSR count). The lowest BCUT2D eigenvalue weighted by molar-refractivity contribution is -0.117. The second-order valence-corrected chi connectivity index (χ2v) is 7.62. The normalized spacial score (nSPS) is 17.9. The maximum Gasteiger partial charge on any atom is 0.238 e. The minimum absolute atomic E-state index is 0.0388. The van der Waals surface area contributed by atoms with Crippen molar-refractivity contribution in [3.63, 3.8) is 0 Å². The van der Waals surface area contributed by atoms with Gasteiger partial charge >= 0.3 is 0 Å². The third kappa shape index (κ3) is 3.57. The minimum atomic E-state index is 0.0388. The van der Waals surface area contributed by atoms with Crippen molar-refractivity contribution in [2.75, 3.05) is 18.4 Å². The molecule has 1 atom stereocenters. The molecule has 4 nitrogen and oxygen atoms in total. The summed E-state index contributed by atoms with van der Waals surface area (Å²) >= 11 is 1.75. The van der Waals surface area contributed by atoms with Crippen molar-refractivity contribution in [1.82, 2.24) is 9.88 Å². The highest BCUT2D eigenvalue weighted by molar-refractivity contribution is 7.18. The molecule has 2 heterocycles. The first kappa shape index (κ1) is 16.2. The number of thiazole rings is 1. The van der Waals surface area contributed by atoms with E-state index in [2.05, 4.69) is 22.3 Å². The van der Waals surface area contributed by atoms with E-state index in [4.69, 9.17) is 4.98 Å². The predicted molar refractivity (Wildman–Crippen MR) is 103 cm³/mol. The number of nitrogens with one attached hydrogen (secondary N) is 1. The van der Waals surface area contributed by atoms with Gasteiger partial charge in [-0.25, -0.2) is 4.98 Å². The van der Waals surface area contributed by atoms with Crippen LogP contribution >= 0.6 is 11.3 Å². The summed E-state index contributed by atoms with van der Waals surface area (Å²) in [5.74, 6) is 0.0388. The lowest BCUT2D eigenvalue weighted by Gasteiger charge is -2.22. The molecule has 25 heavy (non-hydrogen) atoms. The Bertz CT molecular complexity index is 854. The van der Waals surface area contributed by atoms with Gasteiger partial charge in [-0.1, -0.05) is 29.8 Å². The first-order chi connectivity index (χ1) is 12.2. The maximum atomic E-state index is 12.4. The van der Waals surface area contributed by atoms with Crippen LogP contribution in [0.4, 0.5) is 5.69 Å². The van der Waals surface area contributed by atoms with Crippen LogP contribution in [0.2, 0.25) is 0 Å². The second-order valence-electron chi connectivity index (χ2n) is 6.56. The SMILES string of the molecule is Cc1ccc(NC(=O)CN2CCC[C@H]2c2nc3ccccc3s2)cc1. The highest BCUT2D eigenvalue weighted by atomic mass is 32.1. The van der Waals surface area contributed by atoms with Crippen LogP contribution in [0.5, 0.6) is 0 Å². The summed E-state index contributed by atoms with van der Waals surface area (Å²) in [6.45, 7) is 3.40.